The summed E-state index contributed by atoms with van der Waals surface area (Å²) in [5.74, 6) is -1.54. The second-order valence-electron chi connectivity index (χ2n) is 8.83. The van der Waals surface area contributed by atoms with Crippen LogP contribution in [0.4, 0.5) is 14.5 Å². The quantitative estimate of drug-likeness (QED) is 0.336. The van der Waals surface area contributed by atoms with Gasteiger partial charge in [-0.15, -0.1) is 0 Å². The molecule has 0 spiro atoms. The summed E-state index contributed by atoms with van der Waals surface area (Å²) >= 11 is 3.11. The summed E-state index contributed by atoms with van der Waals surface area (Å²) in [5.41, 5.74) is 8.66. The van der Waals surface area contributed by atoms with Gasteiger partial charge >= 0.3 is 0 Å². The van der Waals surface area contributed by atoms with Gasteiger partial charge in [0, 0.05) is 5.56 Å². The molecule has 2 heterocycles. The van der Waals surface area contributed by atoms with Crippen molar-refractivity contribution in [2.45, 2.75) is 25.3 Å². The highest BCUT2D eigenvalue weighted by molar-refractivity contribution is 9.10. The minimum absolute atomic E-state index is 0.0942. The Kier molecular flexibility index (Phi) is 6.08. The number of nitrogens with zero attached hydrogens (tertiary/aromatic N) is 3. The Morgan fingerprint density at radius 2 is 1.86 bits per heavy atom. The van der Waals surface area contributed by atoms with Gasteiger partial charge in [-0.1, -0.05) is 6.07 Å². The summed E-state index contributed by atoms with van der Waals surface area (Å²) < 4.78 is 56.4. The fourth-order valence-corrected chi connectivity index (χ4v) is 5.40. The molecule has 186 valence electrons. The third-order valence-corrected chi connectivity index (χ3v) is 7.91. The third kappa shape index (κ3) is 4.60. The number of anilines is 1. The number of benzene rings is 2. The van der Waals surface area contributed by atoms with Crippen molar-refractivity contribution in [1.82, 2.24) is 9.61 Å². The molecule has 0 unspecified atom stereocenters. The van der Waals surface area contributed by atoms with Crippen molar-refractivity contribution < 1.29 is 22.0 Å². The van der Waals surface area contributed by atoms with Crippen molar-refractivity contribution in [1.29, 1.82) is 0 Å². The van der Waals surface area contributed by atoms with Crippen LogP contribution in [-0.2, 0) is 16.6 Å². The van der Waals surface area contributed by atoms with Crippen molar-refractivity contribution in [3.63, 3.8) is 0 Å². The van der Waals surface area contributed by atoms with Gasteiger partial charge in [-0.3, -0.25) is 9.10 Å². The van der Waals surface area contributed by atoms with Crippen LogP contribution in [0.1, 0.15) is 40.2 Å². The maximum atomic E-state index is 14.2. The number of aromatic nitrogens is 2. The minimum Gasteiger partial charge on any atom is -0.365 e. The Morgan fingerprint density at radius 1 is 1.17 bits per heavy atom. The molecule has 1 fully saturated rings. The van der Waals surface area contributed by atoms with E-state index in [4.69, 9.17) is 5.73 Å². The number of rotatable bonds is 7. The normalized spacial score (nSPS) is 13.8. The van der Waals surface area contributed by atoms with Crippen LogP contribution in [0.15, 0.2) is 59.2 Å². The summed E-state index contributed by atoms with van der Waals surface area (Å²) in [6.07, 6.45) is 4.36. The average molecular weight is 575 g/mol. The molecule has 2 aromatic heterocycles. The number of hydrogen-bond donors (Lipinski definition) is 1. The first-order valence-corrected chi connectivity index (χ1v) is 13.7. The lowest BCUT2D eigenvalue weighted by atomic mass is 10.0. The van der Waals surface area contributed by atoms with E-state index in [0.717, 1.165) is 24.7 Å². The van der Waals surface area contributed by atoms with Crippen LogP contribution in [0.2, 0.25) is 0 Å². The smallest absolute Gasteiger partial charge is 0.253 e. The number of halogens is 3. The Bertz CT molecular complexity index is 1620. The number of nitrogens with two attached hydrogens (primary N) is 1. The van der Waals surface area contributed by atoms with E-state index >= 15 is 0 Å². The predicted octanol–water partition coefficient (Wildman–Crippen LogP) is 4.98. The molecule has 2 aromatic carbocycles. The molecule has 0 atom stereocenters. The Hall–Kier alpha value is -3.31. The molecular weight excluding hydrogens is 554 g/mol. The van der Waals surface area contributed by atoms with Crippen LogP contribution in [0, 0.1) is 11.6 Å². The number of hydrogen-bond acceptors (Lipinski definition) is 4. The van der Waals surface area contributed by atoms with Crippen molar-refractivity contribution in [3.05, 3.63) is 87.5 Å². The number of sulfonamides is 1. The maximum Gasteiger partial charge on any atom is 0.253 e. The van der Waals surface area contributed by atoms with Crippen LogP contribution in [0.25, 0.3) is 16.8 Å². The Balaban J connectivity index is 1.71. The first-order valence-electron chi connectivity index (χ1n) is 11.1. The number of carbonyl (C=O) groups is 1. The van der Waals surface area contributed by atoms with Crippen LogP contribution in [-0.4, -0.2) is 30.2 Å². The molecule has 11 heteroatoms. The van der Waals surface area contributed by atoms with Gasteiger partial charge in [0.1, 0.15) is 17.3 Å². The van der Waals surface area contributed by atoms with Crippen molar-refractivity contribution in [3.8, 4) is 11.3 Å². The zero-order valence-corrected chi connectivity index (χ0v) is 21.5. The molecule has 36 heavy (non-hydrogen) atoms. The molecule has 0 radical (unpaired) electrons. The van der Waals surface area contributed by atoms with E-state index < -0.39 is 27.6 Å². The molecule has 0 saturated heterocycles. The van der Waals surface area contributed by atoms with Crippen molar-refractivity contribution in [2.24, 2.45) is 5.73 Å². The zero-order valence-electron chi connectivity index (χ0n) is 19.1. The van der Waals surface area contributed by atoms with Crippen molar-refractivity contribution in [2.75, 3.05) is 10.6 Å². The van der Waals surface area contributed by atoms with Gasteiger partial charge in [0.05, 0.1) is 40.2 Å². The Morgan fingerprint density at radius 3 is 2.44 bits per heavy atom. The van der Waals surface area contributed by atoms with Gasteiger partial charge in [-0.05, 0) is 88.3 Å². The molecule has 2 N–H and O–H groups in total. The molecule has 0 bridgehead atoms. The van der Waals surface area contributed by atoms with E-state index in [2.05, 4.69) is 21.0 Å². The fraction of sp³-hybridized carbons (Fsp3) is 0.200. The monoisotopic (exact) mass is 574 g/mol. The van der Waals surface area contributed by atoms with E-state index in [9.17, 15) is 22.0 Å². The number of amides is 1. The van der Waals surface area contributed by atoms with Gasteiger partial charge in [0.2, 0.25) is 10.0 Å². The zero-order chi connectivity index (χ0) is 25.8. The van der Waals surface area contributed by atoms with Crippen LogP contribution in [0.3, 0.4) is 0 Å². The first kappa shape index (κ1) is 24.4. The van der Waals surface area contributed by atoms with E-state index in [1.54, 1.807) is 18.3 Å². The second-order valence-corrected chi connectivity index (χ2v) is 11.6. The van der Waals surface area contributed by atoms with Crippen molar-refractivity contribution >= 4 is 43.1 Å². The molecule has 1 aliphatic rings. The minimum atomic E-state index is -3.79. The molecule has 1 amide bonds. The lowest BCUT2D eigenvalue weighted by Crippen LogP contribution is -2.30. The second kappa shape index (κ2) is 8.97. The lowest BCUT2D eigenvalue weighted by Gasteiger charge is -2.25. The summed E-state index contributed by atoms with van der Waals surface area (Å²) in [5, 5.41) is 4.52. The molecule has 0 aliphatic heterocycles. The number of fused-ring (bicyclic) bond motifs is 1. The van der Waals surface area contributed by atoms with Gasteiger partial charge in [-0.2, -0.15) is 5.10 Å². The molecule has 1 saturated carbocycles. The highest BCUT2D eigenvalue weighted by Crippen LogP contribution is 2.46. The summed E-state index contributed by atoms with van der Waals surface area (Å²) in [6, 6.07) is 11.7. The summed E-state index contributed by atoms with van der Waals surface area (Å²) in [4.78, 5) is 12.5. The van der Waals surface area contributed by atoms with Gasteiger partial charge < -0.3 is 5.73 Å². The first-order chi connectivity index (χ1) is 17.0. The van der Waals surface area contributed by atoms with Gasteiger partial charge in [-0.25, -0.2) is 21.7 Å². The number of pyridine rings is 1. The van der Waals surface area contributed by atoms with Crippen LogP contribution < -0.4 is 10.0 Å². The predicted molar refractivity (Wildman–Crippen MR) is 136 cm³/mol. The molecular formula is C25H21BrF2N4O3S. The third-order valence-electron chi connectivity index (χ3n) is 6.14. The topological polar surface area (TPSA) is 97.8 Å². The molecule has 7 nitrogen and oxygen atoms in total. The van der Waals surface area contributed by atoms with Gasteiger partial charge in [0.25, 0.3) is 5.91 Å². The van der Waals surface area contributed by atoms with E-state index in [1.807, 2.05) is 0 Å². The van der Waals surface area contributed by atoms with E-state index in [0.29, 0.717) is 22.3 Å². The van der Waals surface area contributed by atoms with Crippen LogP contribution >= 0.6 is 15.9 Å². The summed E-state index contributed by atoms with van der Waals surface area (Å²) in [7, 11) is -3.79. The van der Waals surface area contributed by atoms with E-state index in [-0.39, 0.29) is 28.2 Å². The molecule has 4 aromatic rings. The number of carbonyl (C=O) groups excluding carboxylic acids is 1. The highest BCUT2D eigenvalue weighted by atomic mass is 79.9. The summed E-state index contributed by atoms with van der Waals surface area (Å²) in [6.45, 7) is -0.0942. The highest BCUT2D eigenvalue weighted by Gasteiger charge is 2.32. The largest absolute Gasteiger partial charge is 0.365 e. The number of primary amides is 1. The lowest BCUT2D eigenvalue weighted by molar-refractivity contribution is 0.100. The molecule has 1 aliphatic carbocycles. The van der Waals surface area contributed by atoms with Crippen LogP contribution in [0.5, 0.6) is 0 Å². The average Bonchev–Trinajstić information content (AvgIpc) is 3.58. The Labute approximate surface area is 214 Å². The maximum absolute atomic E-state index is 14.2. The molecule has 5 rings (SSSR count). The van der Waals surface area contributed by atoms with E-state index in [1.165, 1.54) is 45.2 Å². The van der Waals surface area contributed by atoms with Gasteiger partial charge in [0.15, 0.2) is 0 Å². The SMILES string of the molecule is CS(=O)(=O)N(Cc1ccc(Br)c(F)c1)c1cn2nc(-c3ccc(F)cc3)c(C(N)=O)c2cc1C1CC1. The fourth-order valence-electron chi connectivity index (χ4n) is 4.26. The standard InChI is InChI=1S/C25H21BrF2N4O3S/c1-36(34,35)32(12-14-2-9-19(26)20(28)10-14)22-13-31-21(11-18(22)15-3-4-15)23(25(29)33)24(30-31)16-5-7-17(27)8-6-16/h2,5-11,13,15H,3-4,12H2,1H3,(H2,29,33).